The third-order valence-corrected chi connectivity index (χ3v) is 23.2. The third kappa shape index (κ3) is 2.67. The third-order valence-electron chi connectivity index (χ3n) is 5.30. The average molecular weight is 366 g/mol. The van der Waals surface area contributed by atoms with Crippen LogP contribution in [0.4, 0.5) is 5.69 Å². The van der Waals surface area contributed by atoms with Crippen LogP contribution in [0.15, 0.2) is 18.2 Å². The summed E-state index contributed by atoms with van der Waals surface area (Å²) in [7, 11) is -0.720. The fourth-order valence-electron chi connectivity index (χ4n) is 5.24. The minimum Gasteiger partial charge on any atom is -0.370 e. The molecule has 1 aliphatic heterocycles. The Morgan fingerprint density at radius 1 is 0.957 bits per heavy atom. The van der Waals surface area contributed by atoms with Crippen molar-refractivity contribution in [3.05, 3.63) is 23.8 Å². The number of benzene rings is 1. The molecule has 0 aliphatic carbocycles. The first-order valence-electron chi connectivity index (χ1n) is 8.80. The molecule has 1 aromatic rings. The van der Waals surface area contributed by atoms with Crippen LogP contribution in [0.5, 0.6) is 0 Å². The normalized spacial score (nSPS) is 21.5. The summed E-state index contributed by atoms with van der Waals surface area (Å²) in [6, 6.07) is 7.20. The Bertz CT molecular complexity index is 591. The van der Waals surface area contributed by atoms with Crippen molar-refractivity contribution in [1.82, 2.24) is 0 Å². The molecule has 1 nitrogen and oxygen atoms in total. The van der Waals surface area contributed by atoms with Gasteiger partial charge in [-0.05, 0) is 32.1 Å². The van der Waals surface area contributed by atoms with E-state index in [1.807, 2.05) is 0 Å². The van der Waals surface area contributed by atoms with Gasteiger partial charge in [0, 0.05) is 22.6 Å². The second kappa shape index (κ2) is 5.44. The largest absolute Gasteiger partial charge is 0.370 e. The highest BCUT2D eigenvalue weighted by atomic mass is 31.1. The summed E-state index contributed by atoms with van der Waals surface area (Å²) >= 11 is 0. The Morgan fingerprint density at radius 3 is 1.83 bits per heavy atom. The first kappa shape index (κ1) is 19.2. The summed E-state index contributed by atoms with van der Waals surface area (Å²) in [4.78, 5) is 2.76. The highest BCUT2D eigenvalue weighted by molar-refractivity contribution is 7.75. The second-order valence-electron chi connectivity index (χ2n) is 10.2. The van der Waals surface area contributed by atoms with Gasteiger partial charge >= 0.3 is 0 Å². The first-order valence-corrected chi connectivity index (χ1v) is 17.1. The van der Waals surface area contributed by atoms with Crippen LogP contribution in [0.3, 0.4) is 0 Å². The molecule has 1 aromatic carbocycles. The molecule has 0 spiro atoms. The van der Waals surface area contributed by atoms with Gasteiger partial charge in [-0.25, -0.2) is 0 Å². The lowest BCUT2D eigenvalue weighted by Crippen LogP contribution is -2.72. The zero-order valence-electron chi connectivity index (χ0n) is 17.1. The van der Waals surface area contributed by atoms with E-state index in [1.165, 1.54) is 11.3 Å². The molecular weight excluding hydrogens is 329 g/mol. The topological polar surface area (TPSA) is 3.24 Å². The van der Waals surface area contributed by atoms with E-state index in [4.69, 9.17) is 0 Å². The molecule has 0 saturated carbocycles. The number of nitrogens with zero attached hydrogens (tertiary/aromatic N) is 1. The van der Waals surface area contributed by atoms with Crippen LogP contribution in [0.2, 0.25) is 39.3 Å². The molecule has 1 aliphatic rings. The predicted molar refractivity (Wildman–Crippen MR) is 115 cm³/mol. The van der Waals surface area contributed by atoms with E-state index in [0.717, 1.165) is 0 Å². The number of anilines is 1. The van der Waals surface area contributed by atoms with Gasteiger partial charge < -0.3 is 4.90 Å². The maximum Gasteiger partial charge on any atom is 0.0762 e. The van der Waals surface area contributed by atoms with Gasteiger partial charge in [0.25, 0.3) is 0 Å². The molecule has 130 valence electrons. The van der Waals surface area contributed by atoms with Crippen molar-refractivity contribution in [1.29, 1.82) is 0 Å². The van der Waals surface area contributed by atoms with Crippen molar-refractivity contribution in [3.8, 4) is 0 Å². The molecule has 0 bridgehead atoms. The van der Waals surface area contributed by atoms with Gasteiger partial charge in [0.2, 0.25) is 0 Å². The van der Waals surface area contributed by atoms with Gasteiger partial charge in [0.1, 0.15) is 0 Å². The van der Waals surface area contributed by atoms with Crippen molar-refractivity contribution in [2.75, 3.05) is 11.9 Å². The molecule has 0 amide bonds. The Labute approximate surface area is 147 Å². The number of hydrogen-bond donors (Lipinski definition) is 0. The molecular formula is C19H36NPSi2. The monoisotopic (exact) mass is 365 g/mol. The summed E-state index contributed by atoms with van der Waals surface area (Å²) in [5, 5.41) is 2.00. The van der Waals surface area contributed by atoms with E-state index < -0.39 is 16.1 Å². The van der Waals surface area contributed by atoms with Gasteiger partial charge in [0.15, 0.2) is 0 Å². The first-order chi connectivity index (χ1) is 10.2. The van der Waals surface area contributed by atoms with Crippen LogP contribution < -0.4 is 10.2 Å². The average Bonchev–Trinajstić information content (AvgIpc) is 2.57. The highest BCUT2D eigenvalue weighted by Crippen LogP contribution is 2.70. The Hall–Kier alpha value is -0.116. The smallest absolute Gasteiger partial charge is 0.0762 e. The van der Waals surface area contributed by atoms with Crippen LogP contribution in [0, 0.1) is 6.92 Å². The summed E-state index contributed by atoms with van der Waals surface area (Å²) in [5.41, 5.74) is 2.93. The summed E-state index contributed by atoms with van der Waals surface area (Å²) in [6.07, 6.45) is 0. The van der Waals surface area contributed by atoms with Crippen molar-refractivity contribution >= 4 is 35.1 Å². The predicted octanol–water partition coefficient (Wildman–Crippen LogP) is 5.80. The Morgan fingerprint density at radius 2 is 1.43 bits per heavy atom. The van der Waals surface area contributed by atoms with E-state index in [-0.39, 0.29) is 7.92 Å². The number of fused-ring (bicyclic) bond motifs is 1. The van der Waals surface area contributed by atoms with E-state index in [1.54, 1.807) is 5.30 Å². The molecule has 1 heterocycles. The van der Waals surface area contributed by atoms with Crippen molar-refractivity contribution < 1.29 is 0 Å². The molecule has 0 aromatic heterocycles. The molecule has 1 atom stereocenters. The molecule has 0 radical (unpaired) electrons. The van der Waals surface area contributed by atoms with E-state index in [9.17, 15) is 0 Å². The standard InChI is InChI=1S/C19H36NPSi2/c1-15-12-13-16-17(14-15)21(18(2,3)4)19(20(16)5,22(6,7)8)23(9,10)11/h12-14H,1-11H3. The molecule has 0 saturated heterocycles. The quantitative estimate of drug-likeness (QED) is 0.473. The number of hydrogen-bond acceptors (Lipinski definition) is 1. The van der Waals surface area contributed by atoms with Crippen LogP contribution in [-0.2, 0) is 0 Å². The molecule has 2 rings (SSSR count). The fraction of sp³-hybridized carbons (Fsp3) is 0.684. The van der Waals surface area contributed by atoms with Gasteiger partial charge in [-0.2, -0.15) is 0 Å². The maximum absolute atomic E-state index is 2.76. The zero-order chi connectivity index (χ0) is 18.0. The maximum atomic E-state index is 2.76. The lowest BCUT2D eigenvalue weighted by Gasteiger charge is -2.60. The van der Waals surface area contributed by atoms with Crippen molar-refractivity contribution in [3.63, 3.8) is 0 Å². The zero-order valence-corrected chi connectivity index (χ0v) is 20.0. The summed E-state index contributed by atoms with van der Waals surface area (Å²) in [6.45, 7) is 25.4. The minimum absolute atomic E-state index is 0.232. The molecule has 0 fully saturated rings. The summed E-state index contributed by atoms with van der Waals surface area (Å²) in [5.74, 6) is 0. The van der Waals surface area contributed by atoms with Gasteiger partial charge in [0.05, 0.1) is 16.1 Å². The van der Waals surface area contributed by atoms with Crippen LogP contribution in [-0.4, -0.2) is 32.9 Å². The fourth-order valence-corrected chi connectivity index (χ4v) is 27.8. The Balaban J connectivity index is 2.92. The Kier molecular flexibility index (Phi) is 4.54. The highest BCUT2D eigenvalue weighted by Gasteiger charge is 2.65. The summed E-state index contributed by atoms with van der Waals surface area (Å²) < 4.78 is 0.406. The van der Waals surface area contributed by atoms with Gasteiger partial charge in [-0.3, -0.25) is 0 Å². The molecule has 0 N–H and O–H groups in total. The van der Waals surface area contributed by atoms with Crippen LogP contribution in [0.1, 0.15) is 26.3 Å². The van der Waals surface area contributed by atoms with Crippen LogP contribution in [0.25, 0.3) is 0 Å². The van der Waals surface area contributed by atoms with E-state index in [2.05, 4.69) is 97.1 Å². The second-order valence-corrected chi connectivity index (χ2v) is 25.2. The van der Waals surface area contributed by atoms with E-state index in [0.29, 0.717) is 9.68 Å². The number of rotatable bonds is 2. The number of aryl methyl sites for hydroxylation is 1. The van der Waals surface area contributed by atoms with Gasteiger partial charge in [-0.1, -0.05) is 71.7 Å². The van der Waals surface area contributed by atoms with Crippen LogP contribution >= 0.6 is 7.92 Å². The minimum atomic E-state index is -1.44. The van der Waals surface area contributed by atoms with E-state index >= 15 is 0 Å². The van der Waals surface area contributed by atoms with Crippen molar-refractivity contribution in [2.45, 2.75) is 76.7 Å². The molecule has 23 heavy (non-hydrogen) atoms. The SMILES string of the molecule is Cc1ccc2c(c1)P(C(C)(C)C)C([Si](C)(C)C)([Si](C)(C)C)N2C. The molecule has 4 heteroatoms. The molecule has 1 unspecified atom stereocenters. The lowest BCUT2D eigenvalue weighted by molar-refractivity contribution is 0.768. The lowest BCUT2D eigenvalue weighted by atomic mass is 10.2. The van der Waals surface area contributed by atoms with Gasteiger partial charge in [-0.15, -0.1) is 0 Å². The van der Waals surface area contributed by atoms with Crippen molar-refractivity contribution in [2.24, 2.45) is 0 Å².